The van der Waals surface area contributed by atoms with Crippen LogP contribution in [0.4, 0.5) is 0 Å². The van der Waals surface area contributed by atoms with Crippen LogP contribution in [0.5, 0.6) is 0 Å². The number of ether oxygens (including phenoxy) is 2. The van der Waals surface area contributed by atoms with E-state index in [9.17, 15) is 14.2 Å². The van der Waals surface area contributed by atoms with Crippen molar-refractivity contribution in [3.63, 3.8) is 0 Å². The Morgan fingerprint density at radius 3 is 2.12 bits per heavy atom. The molecule has 9 heteroatoms. The van der Waals surface area contributed by atoms with Gasteiger partial charge < -0.3 is 9.47 Å². The molecule has 25 heavy (non-hydrogen) atoms. The Balaban J connectivity index is 2.79. The van der Waals surface area contributed by atoms with Crippen molar-refractivity contribution in [3.05, 3.63) is 0 Å². The molecule has 0 unspecified atom stereocenters. The van der Waals surface area contributed by atoms with E-state index in [-0.39, 0.29) is 38.3 Å². The molecule has 0 saturated carbocycles. The molecule has 0 radical (unpaired) electrons. The van der Waals surface area contributed by atoms with Crippen LogP contribution in [0.1, 0.15) is 47.0 Å². The van der Waals surface area contributed by atoms with Crippen molar-refractivity contribution in [1.29, 1.82) is 0 Å². The Hall–Kier alpha value is -0.950. The molecule has 0 spiro atoms. The van der Waals surface area contributed by atoms with Gasteiger partial charge in [-0.05, 0) is 12.8 Å². The van der Waals surface area contributed by atoms with Crippen molar-refractivity contribution in [2.45, 2.75) is 53.1 Å². The highest BCUT2D eigenvalue weighted by Gasteiger charge is 2.43. The Morgan fingerprint density at radius 1 is 1.12 bits per heavy atom. The zero-order chi connectivity index (χ0) is 18.9. The molecule has 0 aromatic carbocycles. The molecule has 0 aliphatic carbocycles. The van der Waals surface area contributed by atoms with E-state index in [1.54, 1.807) is 0 Å². The second kappa shape index (κ2) is 10.9. The summed E-state index contributed by atoms with van der Waals surface area (Å²) in [6, 6.07) is 0. The number of hydrogen-bond acceptors (Lipinski definition) is 7. The van der Waals surface area contributed by atoms with Crippen molar-refractivity contribution in [3.8, 4) is 0 Å². The summed E-state index contributed by atoms with van der Waals surface area (Å²) in [4.78, 5) is 21.9. The molecule has 0 aromatic heterocycles. The normalized spacial score (nSPS) is 26.4. The number of carbonyl (C=O) groups excluding carboxylic acids is 2. The summed E-state index contributed by atoms with van der Waals surface area (Å²) in [5.74, 6) is -0.636. The lowest BCUT2D eigenvalue weighted by Gasteiger charge is -2.39. The van der Waals surface area contributed by atoms with Gasteiger partial charge in [0.15, 0.2) is 0 Å². The molecule has 8 nitrogen and oxygen atoms in total. The topological polar surface area (TPSA) is 91.4 Å². The first-order valence-corrected chi connectivity index (χ1v) is 10.3. The highest BCUT2D eigenvalue weighted by molar-refractivity contribution is 7.51. The molecular weight excluding hydrogens is 349 g/mol. The van der Waals surface area contributed by atoms with Crippen molar-refractivity contribution >= 4 is 19.7 Å². The van der Waals surface area contributed by atoms with Gasteiger partial charge >= 0.3 is 19.7 Å². The van der Waals surface area contributed by atoms with Crippen LogP contribution in [0.25, 0.3) is 0 Å². The monoisotopic (exact) mass is 379 g/mol. The van der Waals surface area contributed by atoms with E-state index < -0.39 is 19.7 Å². The van der Waals surface area contributed by atoms with Crippen molar-refractivity contribution in [2.75, 3.05) is 32.9 Å². The molecule has 1 aliphatic heterocycles. The van der Waals surface area contributed by atoms with Gasteiger partial charge in [-0.3, -0.25) is 18.6 Å². The summed E-state index contributed by atoms with van der Waals surface area (Å²) in [7, 11) is -3.53. The first-order valence-electron chi connectivity index (χ1n) is 8.77. The van der Waals surface area contributed by atoms with E-state index in [0.29, 0.717) is 6.61 Å². The van der Waals surface area contributed by atoms with Gasteiger partial charge in [-0.1, -0.05) is 20.3 Å². The maximum absolute atomic E-state index is 13.2. The molecule has 146 valence electrons. The first-order chi connectivity index (χ1) is 11.8. The van der Waals surface area contributed by atoms with E-state index in [4.69, 9.17) is 18.5 Å². The lowest BCUT2D eigenvalue weighted by molar-refractivity contribution is -0.141. The fourth-order valence-corrected chi connectivity index (χ4v) is 4.64. The van der Waals surface area contributed by atoms with Crippen molar-refractivity contribution in [2.24, 2.45) is 5.92 Å². The van der Waals surface area contributed by atoms with Gasteiger partial charge in [0.25, 0.3) is 0 Å². The fourth-order valence-electron chi connectivity index (χ4n) is 2.63. The van der Waals surface area contributed by atoms with Crippen molar-refractivity contribution in [1.82, 2.24) is 4.67 Å². The Bertz CT molecular complexity index is 465. The van der Waals surface area contributed by atoms with Gasteiger partial charge in [-0.25, -0.2) is 9.24 Å². The van der Waals surface area contributed by atoms with Gasteiger partial charge in [0, 0.05) is 32.9 Å². The minimum absolute atomic E-state index is 0.0573. The molecule has 3 atom stereocenters. The van der Waals surface area contributed by atoms with Crippen LogP contribution in [-0.2, 0) is 32.7 Å². The van der Waals surface area contributed by atoms with Gasteiger partial charge in [0.05, 0.1) is 12.7 Å². The molecule has 0 N–H and O–H groups in total. The van der Waals surface area contributed by atoms with E-state index in [2.05, 4.69) is 13.8 Å². The summed E-state index contributed by atoms with van der Waals surface area (Å²) in [6.07, 6.45) is 2.46. The zero-order valence-electron chi connectivity index (χ0n) is 15.6. The minimum atomic E-state index is -3.53. The SMILES string of the molecule is CCC[C@@H]1O[P@](=O)(N(CCOC(C)=O)CCOC(C)=O)OC[C@@H]1CC. The zero-order valence-corrected chi connectivity index (χ0v) is 16.5. The van der Waals surface area contributed by atoms with Crippen LogP contribution >= 0.6 is 7.75 Å². The highest BCUT2D eigenvalue weighted by atomic mass is 31.2. The summed E-state index contributed by atoms with van der Waals surface area (Å²) in [5.41, 5.74) is 0. The summed E-state index contributed by atoms with van der Waals surface area (Å²) in [6.45, 7) is 7.54. The molecule has 1 fully saturated rings. The maximum Gasteiger partial charge on any atom is 0.408 e. The van der Waals surface area contributed by atoms with Crippen LogP contribution in [0.3, 0.4) is 0 Å². The standard InChI is InChI=1S/C16H30NO7P/c1-5-7-16-15(6-2)12-23-25(20,24-16)17(8-10-21-13(3)18)9-11-22-14(4)19/h15-16H,5-12H2,1-4H3/t15-,16-,25-/m0/s1. The number of carbonyl (C=O) groups is 2. The highest BCUT2D eigenvalue weighted by Crippen LogP contribution is 2.57. The molecule has 1 heterocycles. The third-order valence-corrected chi connectivity index (χ3v) is 6.10. The molecule has 1 saturated heterocycles. The van der Waals surface area contributed by atoms with Crippen molar-refractivity contribution < 1.29 is 32.7 Å². The van der Waals surface area contributed by atoms with Crippen LogP contribution in [0, 0.1) is 5.92 Å². The largest absolute Gasteiger partial charge is 0.464 e. The molecular formula is C16H30NO7P. The van der Waals surface area contributed by atoms with Crippen LogP contribution < -0.4 is 0 Å². The number of esters is 2. The second-order valence-electron chi connectivity index (χ2n) is 6.00. The first kappa shape index (κ1) is 22.1. The smallest absolute Gasteiger partial charge is 0.408 e. The third kappa shape index (κ3) is 7.44. The van der Waals surface area contributed by atoms with Crippen LogP contribution in [0.15, 0.2) is 0 Å². The van der Waals surface area contributed by atoms with E-state index in [1.165, 1.54) is 18.5 Å². The van der Waals surface area contributed by atoms with Gasteiger partial charge in [-0.2, -0.15) is 0 Å². The molecule has 0 aromatic rings. The lowest BCUT2D eigenvalue weighted by atomic mass is 9.97. The number of nitrogens with zero attached hydrogens (tertiary/aromatic N) is 1. The second-order valence-corrected chi connectivity index (χ2v) is 7.97. The van der Waals surface area contributed by atoms with E-state index in [1.807, 2.05) is 0 Å². The third-order valence-electron chi connectivity index (χ3n) is 4.00. The summed E-state index contributed by atoms with van der Waals surface area (Å²) in [5, 5.41) is 0. The lowest BCUT2D eigenvalue weighted by Crippen LogP contribution is -2.38. The van der Waals surface area contributed by atoms with E-state index >= 15 is 0 Å². The van der Waals surface area contributed by atoms with Crippen LogP contribution in [0.2, 0.25) is 0 Å². The Labute approximate surface area is 149 Å². The quantitative estimate of drug-likeness (QED) is 0.423. The van der Waals surface area contributed by atoms with Gasteiger partial charge in [0.2, 0.25) is 0 Å². The van der Waals surface area contributed by atoms with Gasteiger partial charge in [-0.15, -0.1) is 0 Å². The molecule has 1 aliphatic rings. The number of rotatable bonds is 10. The fraction of sp³-hybridized carbons (Fsp3) is 0.875. The number of hydrogen-bond donors (Lipinski definition) is 0. The average Bonchev–Trinajstić information content (AvgIpc) is 2.53. The molecule has 0 bridgehead atoms. The minimum Gasteiger partial charge on any atom is -0.464 e. The molecule has 0 amide bonds. The average molecular weight is 379 g/mol. The Kier molecular flexibility index (Phi) is 9.64. The summed E-state index contributed by atoms with van der Waals surface area (Å²) >= 11 is 0. The van der Waals surface area contributed by atoms with E-state index in [0.717, 1.165) is 19.3 Å². The predicted molar refractivity (Wildman–Crippen MR) is 92.0 cm³/mol. The predicted octanol–water partition coefficient (Wildman–Crippen LogP) is 2.76. The van der Waals surface area contributed by atoms with Crippen LogP contribution in [-0.4, -0.2) is 55.6 Å². The maximum atomic E-state index is 13.2. The van der Waals surface area contributed by atoms with Gasteiger partial charge in [0.1, 0.15) is 13.2 Å². The molecule has 1 rings (SSSR count). The summed E-state index contributed by atoms with van der Waals surface area (Å²) < 4.78 is 36.0. The Morgan fingerprint density at radius 2 is 1.68 bits per heavy atom.